The molecule has 0 radical (unpaired) electrons. The highest BCUT2D eigenvalue weighted by molar-refractivity contribution is 5.95. The van der Waals surface area contributed by atoms with Crippen molar-refractivity contribution in [2.75, 3.05) is 36.0 Å². The molecule has 150 valence electrons. The van der Waals surface area contributed by atoms with Crippen LogP contribution in [0.1, 0.15) is 18.2 Å². The second-order valence-electron chi connectivity index (χ2n) is 7.93. The highest BCUT2D eigenvalue weighted by atomic mass is 16.5. The Kier molecular flexibility index (Phi) is 4.49. The summed E-state index contributed by atoms with van der Waals surface area (Å²) in [6.45, 7) is 5.65. The third kappa shape index (κ3) is 3.26. The molecule has 1 fully saturated rings. The first kappa shape index (κ1) is 18.1. The Balaban J connectivity index is 1.52. The Bertz CT molecular complexity index is 1050. The van der Waals surface area contributed by atoms with E-state index in [1.54, 1.807) is 6.33 Å². The van der Waals surface area contributed by atoms with E-state index in [0.717, 1.165) is 47.5 Å². The smallest absolute Gasteiger partial charge is 0.135 e. The summed E-state index contributed by atoms with van der Waals surface area (Å²) in [6.07, 6.45) is 2.49. The van der Waals surface area contributed by atoms with E-state index in [4.69, 9.17) is 0 Å². The van der Waals surface area contributed by atoms with Crippen LogP contribution in [0.3, 0.4) is 0 Å². The minimum atomic E-state index is 0.247. The fourth-order valence-electron chi connectivity index (χ4n) is 4.52. The number of benzene rings is 2. The Morgan fingerprint density at radius 1 is 1.03 bits per heavy atom. The van der Waals surface area contributed by atoms with Gasteiger partial charge in [-0.3, -0.25) is 0 Å². The van der Waals surface area contributed by atoms with Gasteiger partial charge in [-0.1, -0.05) is 24.3 Å². The molecule has 2 aliphatic heterocycles. The number of aromatic nitrogens is 2. The van der Waals surface area contributed by atoms with Gasteiger partial charge < -0.3 is 20.1 Å². The quantitative estimate of drug-likeness (QED) is 0.696. The van der Waals surface area contributed by atoms with E-state index in [2.05, 4.69) is 32.8 Å². The van der Waals surface area contributed by atoms with Crippen molar-refractivity contribution in [1.29, 1.82) is 0 Å². The number of phenols is 1. The molecule has 2 aliphatic rings. The highest BCUT2D eigenvalue weighted by Crippen LogP contribution is 2.37. The zero-order valence-electron chi connectivity index (χ0n) is 16.5. The average molecular weight is 391 g/mol. The zero-order valence-corrected chi connectivity index (χ0v) is 16.5. The number of fused-ring (bicyclic) bond motifs is 2. The Morgan fingerprint density at radius 3 is 2.66 bits per heavy atom. The van der Waals surface area contributed by atoms with Crippen LogP contribution < -0.4 is 9.80 Å². The fraction of sp³-hybridized carbons (Fsp3) is 0.364. The normalized spacial score (nSPS) is 20.1. The SMILES string of the molecule is CC1Cc2c(ncnc2N2CCN(O)CC2)CN1c1cc(O)cc2ccccc12. The lowest BCUT2D eigenvalue weighted by atomic mass is 9.96. The Morgan fingerprint density at radius 2 is 1.83 bits per heavy atom. The van der Waals surface area contributed by atoms with Crippen LogP contribution in [0, 0.1) is 0 Å². The van der Waals surface area contributed by atoms with E-state index in [0.29, 0.717) is 19.6 Å². The first-order valence-corrected chi connectivity index (χ1v) is 10.1. The summed E-state index contributed by atoms with van der Waals surface area (Å²) in [5, 5.41) is 23.5. The van der Waals surface area contributed by atoms with Crippen molar-refractivity contribution < 1.29 is 10.3 Å². The monoisotopic (exact) mass is 391 g/mol. The molecule has 7 heteroatoms. The van der Waals surface area contributed by atoms with Crippen LogP contribution in [-0.4, -0.2) is 57.6 Å². The van der Waals surface area contributed by atoms with Gasteiger partial charge in [-0.2, -0.15) is 5.06 Å². The predicted molar refractivity (Wildman–Crippen MR) is 113 cm³/mol. The molecule has 1 unspecified atom stereocenters. The number of hydrogen-bond donors (Lipinski definition) is 2. The second-order valence-corrected chi connectivity index (χ2v) is 7.93. The molecule has 1 saturated heterocycles. The fourth-order valence-corrected chi connectivity index (χ4v) is 4.52. The van der Waals surface area contributed by atoms with Gasteiger partial charge in [0.05, 0.1) is 12.2 Å². The number of rotatable bonds is 2. The summed E-state index contributed by atoms with van der Waals surface area (Å²) in [6, 6.07) is 12.1. The summed E-state index contributed by atoms with van der Waals surface area (Å²) in [4.78, 5) is 13.8. The molecule has 3 aromatic rings. The third-order valence-electron chi connectivity index (χ3n) is 6.05. The maximum atomic E-state index is 10.3. The number of piperazine rings is 1. The second kappa shape index (κ2) is 7.17. The molecular formula is C22H25N5O2. The summed E-state index contributed by atoms with van der Waals surface area (Å²) in [5.74, 6) is 1.28. The van der Waals surface area contributed by atoms with Crippen molar-refractivity contribution in [2.24, 2.45) is 0 Å². The van der Waals surface area contributed by atoms with E-state index in [1.165, 1.54) is 10.6 Å². The van der Waals surface area contributed by atoms with Crippen LogP contribution in [0.4, 0.5) is 11.5 Å². The van der Waals surface area contributed by atoms with Gasteiger partial charge in [0.1, 0.15) is 17.9 Å². The molecule has 3 heterocycles. The topological polar surface area (TPSA) is 76.0 Å². The number of anilines is 2. The van der Waals surface area contributed by atoms with Crippen LogP contribution in [-0.2, 0) is 13.0 Å². The van der Waals surface area contributed by atoms with Crippen molar-refractivity contribution in [3.63, 3.8) is 0 Å². The molecule has 29 heavy (non-hydrogen) atoms. The molecule has 1 atom stereocenters. The summed E-state index contributed by atoms with van der Waals surface area (Å²) >= 11 is 0. The molecule has 0 bridgehead atoms. The van der Waals surface area contributed by atoms with Crippen molar-refractivity contribution in [2.45, 2.75) is 25.9 Å². The maximum Gasteiger partial charge on any atom is 0.135 e. The van der Waals surface area contributed by atoms with E-state index >= 15 is 0 Å². The molecule has 2 N–H and O–H groups in total. The van der Waals surface area contributed by atoms with Crippen molar-refractivity contribution in [1.82, 2.24) is 15.0 Å². The third-order valence-corrected chi connectivity index (χ3v) is 6.05. The molecule has 0 aliphatic carbocycles. The van der Waals surface area contributed by atoms with E-state index in [9.17, 15) is 10.3 Å². The van der Waals surface area contributed by atoms with Crippen molar-refractivity contribution >= 4 is 22.3 Å². The van der Waals surface area contributed by atoms with Crippen molar-refractivity contribution in [3.05, 3.63) is 54.0 Å². The molecular weight excluding hydrogens is 366 g/mol. The van der Waals surface area contributed by atoms with Gasteiger partial charge in [0.2, 0.25) is 0 Å². The predicted octanol–water partition coefficient (Wildman–Crippen LogP) is 2.80. The molecule has 2 aromatic carbocycles. The van der Waals surface area contributed by atoms with Crippen LogP contribution >= 0.6 is 0 Å². The number of phenolic OH excluding ortho intramolecular Hbond substituents is 1. The Hall–Kier alpha value is -2.90. The molecule has 0 amide bonds. The summed E-state index contributed by atoms with van der Waals surface area (Å²) in [7, 11) is 0. The lowest BCUT2D eigenvalue weighted by Crippen LogP contribution is -2.46. The van der Waals surface area contributed by atoms with Crippen LogP contribution in [0.5, 0.6) is 5.75 Å². The number of hydrogen-bond acceptors (Lipinski definition) is 7. The van der Waals surface area contributed by atoms with E-state index < -0.39 is 0 Å². The van der Waals surface area contributed by atoms with Gasteiger partial charge in [-0.05, 0) is 24.8 Å². The molecule has 5 rings (SSSR count). The van der Waals surface area contributed by atoms with E-state index in [1.807, 2.05) is 30.3 Å². The highest BCUT2D eigenvalue weighted by Gasteiger charge is 2.30. The number of hydroxylamine groups is 2. The van der Waals surface area contributed by atoms with Crippen LogP contribution in [0.15, 0.2) is 42.7 Å². The van der Waals surface area contributed by atoms with Crippen LogP contribution in [0.2, 0.25) is 0 Å². The molecule has 0 spiro atoms. The lowest BCUT2D eigenvalue weighted by Gasteiger charge is -2.39. The van der Waals surface area contributed by atoms with Gasteiger partial charge in [0.25, 0.3) is 0 Å². The van der Waals surface area contributed by atoms with Gasteiger partial charge in [-0.25, -0.2) is 9.97 Å². The van der Waals surface area contributed by atoms with Gasteiger partial charge in [0, 0.05) is 54.9 Å². The lowest BCUT2D eigenvalue weighted by molar-refractivity contribution is -0.0936. The average Bonchev–Trinajstić information content (AvgIpc) is 2.73. The Labute approximate surface area is 169 Å². The minimum absolute atomic E-state index is 0.247. The standard InChI is InChI=1S/C22H25N5O2/c1-15-10-19-20(23-14-24-22(19)25-6-8-26(29)9-7-25)13-27(15)21-12-17(28)11-16-4-2-3-5-18(16)21/h2-5,11-12,14-15,28-29H,6-10,13H2,1H3. The molecule has 1 aromatic heterocycles. The molecule has 7 nitrogen and oxygen atoms in total. The summed E-state index contributed by atoms with van der Waals surface area (Å²) in [5.41, 5.74) is 3.27. The van der Waals surface area contributed by atoms with Crippen LogP contribution in [0.25, 0.3) is 10.8 Å². The number of nitrogens with zero attached hydrogens (tertiary/aromatic N) is 5. The first-order chi connectivity index (χ1) is 14.1. The van der Waals surface area contributed by atoms with Gasteiger partial charge in [-0.15, -0.1) is 0 Å². The first-order valence-electron chi connectivity index (χ1n) is 10.1. The number of aromatic hydroxyl groups is 1. The maximum absolute atomic E-state index is 10.3. The van der Waals surface area contributed by atoms with E-state index in [-0.39, 0.29) is 11.8 Å². The van der Waals surface area contributed by atoms with Crippen molar-refractivity contribution in [3.8, 4) is 5.75 Å². The minimum Gasteiger partial charge on any atom is -0.508 e. The van der Waals surface area contributed by atoms with Gasteiger partial charge in [0.15, 0.2) is 0 Å². The largest absolute Gasteiger partial charge is 0.508 e. The zero-order chi connectivity index (χ0) is 20.0. The van der Waals surface area contributed by atoms with Gasteiger partial charge >= 0.3 is 0 Å². The summed E-state index contributed by atoms with van der Waals surface area (Å²) < 4.78 is 0. The molecule has 0 saturated carbocycles.